The number of nitrogens with one attached hydrogen (secondary N) is 1. The van der Waals surface area contributed by atoms with Gasteiger partial charge in [-0.05, 0) is 80.3 Å². The van der Waals surface area contributed by atoms with Gasteiger partial charge in [0, 0.05) is 16.3 Å². The number of methoxy groups -OCH3 is 1. The second-order valence-corrected chi connectivity index (χ2v) is 8.48. The predicted octanol–water partition coefficient (Wildman–Crippen LogP) is 6.95. The van der Waals surface area contributed by atoms with E-state index < -0.39 is 11.7 Å². The lowest BCUT2D eigenvalue weighted by molar-refractivity contribution is 0.0636. The van der Waals surface area contributed by atoms with E-state index in [-0.39, 0.29) is 0 Å². The molecule has 0 spiro atoms. The number of halogens is 1. The molecule has 0 fully saturated rings. The minimum absolute atomic E-state index is 0.462. The molecule has 3 aromatic rings. The molecule has 0 saturated heterocycles. The summed E-state index contributed by atoms with van der Waals surface area (Å²) in [5, 5.41) is 3.44. The molecule has 0 unspecified atom stereocenters. The summed E-state index contributed by atoms with van der Waals surface area (Å²) < 4.78 is 10.8. The molecular weight excluding hydrogens is 398 g/mol. The molecule has 0 bridgehead atoms. The third-order valence-electron chi connectivity index (χ3n) is 4.41. The van der Waals surface area contributed by atoms with Crippen molar-refractivity contribution in [3.63, 3.8) is 0 Å². The summed E-state index contributed by atoms with van der Waals surface area (Å²) in [6.45, 7) is 5.51. The highest BCUT2D eigenvalue weighted by molar-refractivity contribution is 6.30. The van der Waals surface area contributed by atoms with Crippen LogP contribution in [-0.2, 0) is 11.2 Å². The van der Waals surface area contributed by atoms with E-state index in [1.807, 2.05) is 75.4 Å². The molecule has 156 valence electrons. The van der Waals surface area contributed by atoms with Crippen molar-refractivity contribution in [2.24, 2.45) is 0 Å². The van der Waals surface area contributed by atoms with Crippen molar-refractivity contribution in [2.75, 3.05) is 12.4 Å². The Labute approximate surface area is 182 Å². The zero-order valence-corrected chi connectivity index (χ0v) is 18.4. The van der Waals surface area contributed by atoms with Crippen molar-refractivity contribution in [3.05, 3.63) is 82.9 Å². The number of rotatable bonds is 5. The van der Waals surface area contributed by atoms with Gasteiger partial charge in [0.15, 0.2) is 0 Å². The van der Waals surface area contributed by atoms with Crippen LogP contribution < -0.4 is 10.1 Å². The van der Waals surface area contributed by atoms with Crippen molar-refractivity contribution in [1.82, 2.24) is 0 Å². The molecule has 0 heterocycles. The summed E-state index contributed by atoms with van der Waals surface area (Å²) in [4.78, 5) is 11.9. The maximum absolute atomic E-state index is 11.9. The van der Waals surface area contributed by atoms with Gasteiger partial charge in [0.1, 0.15) is 11.4 Å². The van der Waals surface area contributed by atoms with Crippen molar-refractivity contribution >= 4 is 23.4 Å². The molecule has 0 saturated carbocycles. The summed E-state index contributed by atoms with van der Waals surface area (Å²) in [6.07, 6.45) is 0.293. The number of anilines is 1. The van der Waals surface area contributed by atoms with E-state index in [0.29, 0.717) is 10.7 Å². The van der Waals surface area contributed by atoms with Crippen LogP contribution in [0.25, 0.3) is 11.1 Å². The second kappa shape index (κ2) is 9.23. The number of carbonyl (C=O) groups excluding carboxylic acids is 1. The molecule has 5 heteroatoms. The summed E-state index contributed by atoms with van der Waals surface area (Å²) in [5.41, 5.74) is 4.46. The van der Waals surface area contributed by atoms with Crippen LogP contribution in [0.15, 0.2) is 66.7 Å². The molecule has 0 radical (unpaired) electrons. The van der Waals surface area contributed by atoms with Gasteiger partial charge in [-0.25, -0.2) is 4.79 Å². The van der Waals surface area contributed by atoms with E-state index in [0.717, 1.165) is 34.4 Å². The topological polar surface area (TPSA) is 47.6 Å². The predicted molar refractivity (Wildman–Crippen MR) is 123 cm³/mol. The van der Waals surface area contributed by atoms with Crippen molar-refractivity contribution in [1.29, 1.82) is 0 Å². The first-order chi connectivity index (χ1) is 14.2. The van der Waals surface area contributed by atoms with E-state index >= 15 is 0 Å². The Bertz CT molecular complexity index is 1020. The van der Waals surface area contributed by atoms with E-state index in [1.54, 1.807) is 7.11 Å². The lowest BCUT2D eigenvalue weighted by Crippen LogP contribution is -2.27. The van der Waals surface area contributed by atoms with Gasteiger partial charge in [-0.1, -0.05) is 41.9 Å². The Morgan fingerprint density at radius 3 is 2.30 bits per heavy atom. The molecule has 0 aliphatic carbocycles. The van der Waals surface area contributed by atoms with Crippen LogP contribution >= 0.6 is 11.6 Å². The van der Waals surface area contributed by atoms with Crippen LogP contribution in [0.4, 0.5) is 10.5 Å². The smallest absolute Gasteiger partial charge is 0.412 e. The highest BCUT2D eigenvalue weighted by Gasteiger charge is 2.16. The van der Waals surface area contributed by atoms with Gasteiger partial charge in [-0.2, -0.15) is 0 Å². The fourth-order valence-corrected chi connectivity index (χ4v) is 3.30. The van der Waals surface area contributed by atoms with E-state index in [1.165, 1.54) is 0 Å². The standard InChI is InChI=1S/C25H26ClNO3/c1-25(2,3)30-24(28)27-21-11-8-17(9-12-21)14-18-10-13-23(29-4)22(15-18)19-6-5-7-20(26)16-19/h5-13,15-16H,14H2,1-4H3,(H,27,28). The number of amides is 1. The van der Waals surface area contributed by atoms with Crippen LogP contribution in [0.1, 0.15) is 31.9 Å². The Kier molecular flexibility index (Phi) is 6.68. The average Bonchev–Trinajstić information content (AvgIpc) is 2.68. The van der Waals surface area contributed by atoms with Gasteiger partial charge in [-0.15, -0.1) is 0 Å². The fraction of sp³-hybridized carbons (Fsp3) is 0.240. The molecule has 0 aliphatic rings. The lowest BCUT2D eigenvalue weighted by atomic mass is 9.98. The Morgan fingerprint density at radius 1 is 0.967 bits per heavy atom. The number of ether oxygens (including phenoxy) is 2. The Balaban J connectivity index is 1.75. The minimum Gasteiger partial charge on any atom is -0.496 e. The molecule has 0 aromatic heterocycles. The van der Waals surface area contributed by atoms with Gasteiger partial charge < -0.3 is 9.47 Å². The summed E-state index contributed by atoms with van der Waals surface area (Å²) in [7, 11) is 1.67. The van der Waals surface area contributed by atoms with Crippen LogP contribution in [0, 0.1) is 0 Å². The Morgan fingerprint density at radius 2 is 1.67 bits per heavy atom. The highest BCUT2D eigenvalue weighted by Crippen LogP contribution is 2.33. The zero-order chi connectivity index (χ0) is 21.7. The highest BCUT2D eigenvalue weighted by atomic mass is 35.5. The molecule has 0 aliphatic heterocycles. The summed E-state index contributed by atoms with van der Waals surface area (Å²) >= 11 is 6.17. The molecule has 30 heavy (non-hydrogen) atoms. The molecule has 4 nitrogen and oxygen atoms in total. The van der Waals surface area contributed by atoms with Crippen LogP contribution in [0.2, 0.25) is 5.02 Å². The molecule has 0 atom stereocenters. The largest absolute Gasteiger partial charge is 0.496 e. The molecule has 1 amide bonds. The van der Waals surface area contributed by atoms with Crippen molar-refractivity contribution in [3.8, 4) is 16.9 Å². The first-order valence-electron chi connectivity index (χ1n) is 9.75. The maximum atomic E-state index is 11.9. The minimum atomic E-state index is -0.529. The van der Waals surface area contributed by atoms with Crippen LogP contribution in [-0.4, -0.2) is 18.8 Å². The molecular formula is C25H26ClNO3. The maximum Gasteiger partial charge on any atom is 0.412 e. The molecule has 1 N–H and O–H groups in total. The number of hydrogen-bond acceptors (Lipinski definition) is 3. The third kappa shape index (κ3) is 6.01. The van der Waals surface area contributed by atoms with E-state index in [4.69, 9.17) is 21.1 Å². The van der Waals surface area contributed by atoms with Gasteiger partial charge in [-0.3, -0.25) is 5.32 Å². The summed E-state index contributed by atoms with van der Waals surface area (Å²) in [6, 6.07) is 21.6. The van der Waals surface area contributed by atoms with E-state index in [9.17, 15) is 4.79 Å². The number of carbonyl (C=O) groups is 1. The van der Waals surface area contributed by atoms with Gasteiger partial charge >= 0.3 is 6.09 Å². The van der Waals surface area contributed by atoms with Crippen molar-refractivity contribution in [2.45, 2.75) is 32.8 Å². The van der Waals surface area contributed by atoms with E-state index in [2.05, 4.69) is 17.4 Å². The number of benzene rings is 3. The van der Waals surface area contributed by atoms with Crippen molar-refractivity contribution < 1.29 is 14.3 Å². The summed E-state index contributed by atoms with van der Waals surface area (Å²) in [5.74, 6) is 0.804. The fourth-order valence-electron chi connectivity index (χ4n) is 3.11. The first kappa shape index (κ1) is 21.7. The zero-order valence-electron chi connectivity index (χ0n) is 17.7. The van der Waals surface area contributed by atoms with Crippen LogP contribution in [0.5, 0.6) is 5.75 Å². The quantitative estimate of drug-likeness (QED) is 0.482. The molecule has 3 aromatic carbocycles. The van der Waals surface area contributed by atoms with Gasteiger partial charge in [0.25, 0.3) is 0 Å². The normalized spacial score (nSPS) is 11.1. The first-order valence-corrected chi connectivity index (χ1v) is 10.1. The van der Waals surface area contributed by atoms with Gasteiger partial charge in [0.2, 0.25) is 0 Å². The van der Waals surface area contributed by atoms with Gasteiger partial charge in [0.05, 0.1) is 7.11 Å². The second-order valence-electron chi connectivity index (χ2n) is 8.05. The SMILES string of the molecule is COc1ccc(Cc2ccc(NC(=O)OC(C)(C)C)cc2)cc1-c1cccc(Cl)c1. The average molecular weight is 424 g/mol. The lowest BCUT2D eigenvalue weighted by Gasteiger charge is -2.19. The Hall–Kier alpha value is -2.98. The molecule has 3 rings (SSSR count). The third-order valence-corrected chi connectivity index (χ3v) is 4.64. The number of hydrogen-bond donors (Lipinski definition) is 1. The van der Waals surface area contributed by atoms with Crippen LogP contribution in [0.3, 0.4) is 0 Å². The monoisotopic (exact) mass is 423 g/mol.